The molecular weight excluding hydrogens is 265 g/mol. The van der Waals surface area contributed by atoms with Gasteiger partial charge in [-0.3, -0.25) is 4.79 Å². The summed E-state index contributed by atoms with van der Waals surface area (Å²) in [6.07, 6.45) is -5.08. The topological polar surface area (TPSA) is 78.4 Å². The Kier molecular flexibility index (Phi) is 4.78. The molecule has 1 aliphatic carbocycles. The summed E-state index contributed by atoms with van der Waals surface area (Å²) in [5, 5.41) is 13.4. The molecule has 1 saturated heterocycles. The predicted octanol–water partition coefficient (Wildman–Crippen LogP) is 0.610. The van der Waals surface area contributed by atoms with Crippen molar-refractivity contribution in [3.63, 3.8) is 0 Å². The lowest BCUT2D eigenvalue weighted by Crippen LogP contribution is -2.34. The van der Waals surface area contributed by atoms with Crippen LogP contribution in [0.3, 0.4) is 0 Å². The fourth-order valence-corrected chi connectivity index (χ4v) is 2.19. The molecule has 1 aliphatic heterocycles. The van der Waals surface area contributed by atoms with Crippen molar-refractivity contribution in [3.8, 4) is 0 Å². The fraction of sp³-hybridized carbons (Fsp3) is 0.818. The van der Waals surface area contributed by atoms with Gasteiger partial charge in [0, 0.05) is 12.0 Å². The lowest BCUT2D eigenvalue weighted by atomic mass is 10.2. The molecule has 0 aromatic carbocycles. The monoisotopic (exact) mass is 282 g/mol. The SMILES string of the molecule is CC(C)NC(=O)C1[C@H]2CNC[C@@H]12.O=C(O)C(F)(F)F. The van der Waals surface area contributed by atoms with Gasteiger partial charge in [0.25, 0.3) is 0 Å². The Morgan fingerprint density at radius 2 is 1.68 bits per heavy atom. The van der Waals surface area contributed by atoms with E-state index in [1.165, 1.54) is 0 Å². The Morgan fingerprint density at radius 1 is 1.26 bits per heavy atom. The molecular formula is C11H17F3N2O3. The third-order valence-corrected chi connectivity index (χ3v) is 3.07. The molecule has 1 saturated carbocycles. The number of carboxylic acid groups (broad SMARTS) is 1. The summed E-state index contributed by atoms with van der Waals surface area (Å²) in [5.41, 5.74) is 0. The highest BCUT2D eigenvalue weighted by Gasteiger charge is 2.56. The number of amides is 1. The Labute approximate surface area is 108 Å². The summed E-state index contributed by atoms with van der Waals surface area (Å²) >= 11 is 0. The van der Waals surface area contributed by atoms with Gasteiger partial charge in [0.2, 0.25) is 5.91 Å². The zero-order chi connectivity index (χ0) is 14.8. The molecule has 19 heavy (non-hydrogen) atoms. The van der Waals surface area contributed by atoms with Crippen LogP contribution >= 0.6 is 0 Å². The van der Waals surface area contributed by atoms with Crippen molar-refractivity contribution < 1.29 is 27.9 Å². The van der Waals surface area contributed by atoms with Gasteiger partial charge in [-0.2, -0.15) is 13.2 Å². The van der Waals surface area contributed by atoms with Gasteiger partial charge in [-0.05, 0) is 38.8 Å². The van der Waals surface area contributed by atoms with E-state index in [1.54, 1.807) is 0 Å². The van der Waals surface area contributed by atoms with E-state index in [1.807, 2.05) is 13.8 Å². The summed E-state index contributed by atoms with van der Waals surface area (Å²) in [6.45, 7) is 6.10. The van der Waals surface area contributed by atoms with E-state index >= 15 is 0 Å². The van der Waals surface area contributed by atoms with Crippen LogP contribution in [0, 0.1) is 17.8 Å². The van der Waals surface area contributed by atoms with Gasteiger partial charge in [-0.25, -0.2) is 4.79 Å². The quantitative estimate of drug-likeness (QED) is 0.693. The van der Waals surface area contributed by atoms with Crippen LogP contribution in [0.1, 0.15) is 13.8 Å². The van der Waals surface area contributed by atoms with Crippen LogP contribution in [0.5, 0.6) is 0 Å². The smallest absolute Gasteiger partial charge is 0.475 e. The van der Waals surface area contributed by atoms with Crippen molar-refractivity contribution in [2.24, 2.45) is 17.8 Å². The van der Waals surface area contributed by atoms with Crippen LogP contribution in [-0.4, -0.2) is 42.3 Å². The number of fused-ring (bicyclic) bond motifs is 1. The van der Waals surface area contributed by atoms with Crippen LogP contribution in [0.2, 0.25) is 0 Å². The maximum absolute atomic E-state index is 11.5. The number of carbonyl (C=O) groups excluding carboxylic acids is 1. The number of halogens is 3. The Balaban J connectivity index is 0.000000224. The van der Waals surface area contributed by atoms with Crippen LogP contribution < -0.4 is 10.6 Å². The lowest BCUT2D eigenvalue weighted by molar-refractivity contribution is -0.192. The first-order valence-corrected chi connectivity index (χ1v) is 5.95. The number of nitrogens with one attached hydrogen (secondary N) is 2. The van der Waals surface area contributed by atoms with E-state index in [4.69, 9.17) is 9.90 Å². The minimum atomic E-state index is -5.08. The minimum absolute atomic E-state index is 0.265. The number of hydrogen-bond acceptors (Lipinski definition) is 3. The molecule has 0 spiro atoms. The van der Waals surface area contributed by atoms with Crippen molar-refractivity contribution in [1.82, 2.24) is 10.6 Å². The summed E-state index contributed by atoms with van der Waals surface area (Å²) in [4.78, 5) is 20.4. The molecule has 2 rings (SSSR count). The maximum atomic E-state index is 11.5. The second-order valence-corrected chi connectivity index (χ2v) is 4.98. The third kappa shape index (κ3) is 4.38. The van der Waals surface area contributed by atoms with E-state index < -0.39 is 12.1 Å². The predicted molar refractivity (Wildman–Crippen MR) is 60.3 cm³/mol. The third-order valence-electron chi connectivity index (χ3n) is 3.07. The second kappa shape index (κ2) is 5.77. The Hall–Kier alpha value is -1.31. The molecule has 8 heteroatoms. The van der Waals surface area contributed by atoms with E-state index in [-0.39, 0.29) is 11.9 Å². The number of alkyl halides is 3. The number of aliphatic carboxylic acids is 1. The molecule has 3 N–H and O–H groups in total. The van der Waals surface area contributed by atoms with E-state index in [9.17, 15) is 18.0 Å². The van der Waals surface area contributed by atoms with E-state index in [0.717, 1.165) is 13.1 Å². The summed E-state index contributed by atoms with van der Waals surface area (Å²) in [7, 11) is 0. The first-order valence-electron chi connectivity index (χ1n) is 5.95. The standard InChI is InChI=1S/C9H16N2O.C2HF3O2/c1-5(2)11-9(12)8-6-3-10-4-7(6)8;3-2(4,5)1(6)7/h5-8,10H,3-4H2,1-2H3,(H,11,12);(H,6,7)/t6-,7+,8?;. The van der Waals surface area contributed by atoms with Gasteiger partial charge in [0.1, 0.15) is 0 Å². The molecule has 3 atom stereocenters. The average molecular weight is 282 g/mol. The first kappa shape index (κ1) is 15.7. The lowest BCUT2D eigenvalue weighted by Gasteiger charge is -2.09. The number of piperidine rings is 1. The van der Waals surface area contributed by atoms with Gasteiger partial charge in [0.15, 0.2) is 0 Å². The molecule has 0 aromatic rings. The average Bonchev–Trinajstić information content (AvgIpc) is 2.72. The van der Waals surface area contributed by atoms with Crippen LogP contribution in [0.25, 0.3) is 0 Å². The van der Waals surface area contributed by atoms with Crippen LogP contribution in [0.4, 0.5) is 13.2 Å². The van der Waals surface area contributed by atoms with E-state index in [2.05, 4.69) is 10.6 Å². The zero-order valence-corrected chi connectivity index (χ0v) is 10.6. The summed E-state index contributed by atoms with van der Waals surface area (Å²) < 4.78 is 31.7. The summed E-state index contributed by atoms with van der Waals surface area (Å²) in [6, 6.07) is 0.284. The van der Waals surface area contributed by atoms with E-state index in [0.29, 0.717) is 17.8 Å². The van der Waals surface area contributed by atoms with Crippen molar-refractivity contribution in [2.45, 2.75) is 26.1 Å². The highest BCUT2D eigenvalue weighted by atomic mass is 19.4. The number of rotatable bonds is 2. The molecule has 2 aliphatic rings. The van der Waals surface area contributed by atoms with Crippen molar-refractivity contribution in [2.75, 3.05) is 13.1 Å². The molecule has 110 valence electrons. The van der Waals surface area contributed by atoms with Gasteiger partial charge < -0.3 is 15.7 Å². The van der Waals surface area contributed by atoms with Gasteiger partial charge >= 0.3 is 12.1 Å². The second-order valence-electron chi connectivity index (χ2n) is 4.98. The molecule has 0 radical (unpaired) electrons. The highest BCUT2D eigenvalue weighted by Crippen LogP contribution is 2.48. The number of carbonyl (C=O) groups is 2. The number of carboxylic acids is 1. The molecule has 2 fully saturated rings. The minimum Gasteiger partial charge on any atom is -0.475 e. The normalized spacial score (nSPS) is 28.2. The molecule has 0 bridgehead atoms. The molecule has 1 amide bonds. The molecule has 5 nitrogen and oxygen atoms in total. The van der Waals surface area contributed by atoms with Crippen LogP contribution in [-0.2, 0) is 9.59 Å². The maximum Gasteiger partial charge on any atom is 0.490 e. The molecule has 1 heterocycles. The van der Waals surface area contributed by atoms with Gasteiger partial charge in [-0.1, -0.05) is 0 Å². The largest absolute Gasteiger partial charge is 0.490 e. The van der Waals surface area contributed by atoms with Crippen LogP contribution in [0.15, 0.2) is 0 Å². The molecule has 0 aromatic heterocycles. The van der Waals surface area contributed by atoms with Gasteiger partial charge in [0.05, 0.1) is 0 Å². The fourth-order valence-electron chi connectivity index (χ4n) is 2.19. The summed E-state index contributed by atoms with van der Waals surface area (Å²) in [5.74, 6) is -0.879. The van der Waals surface area contributed by atoms with Crippen molar-refractivity contribution in [1.29, 1.82) is 0 Å². The Morgan fingerprint density at radius 3 is 2.00 bits per heavy atom. The molecule has 1 unspecified atom stereocenters. The Bertz CT molecular complexity index is 348. The van der Waals surface area contributed by atoms with Crippen molar-refractivity contribution in [3.05, 3.63) is 0 Å². The van der Waals surface area contributed by atoms with Gasteiger partial charge in [-0.15, -0.1) is 0 Å². The zero-order valence-electron chi connectivity index (χ0n) is 10.6. The highest BCUT2D eigenvalue weighted by molar-refractivity contribution is 5.82. The number of hydrogen-bond donors (Lipinski definition) is 3. The van der Waals surface area contributed by atoms with Crippen molar-refractivity contribution >= 4 is 11.9 Å². The first-order chi connectivity index (χ1) is 8.64.